The summed E-state index contributed by atoms with van der Waals surface area (Å²) in [6.07, 6.45) is 7.22. The van der Waals surface area contributed by atoms with E-state index in [1.165, 1.54) is 6.20 Å². The van der Waals surface area contributed by atoms with Gasteiger partial charge in [0.05, 0.1) is 24.6 Å². The van der Waals surface area contributed by atoms with Gasteiger partial charge in [-0.1, -0.05) is 0 Å². The largest absolute Gasteiger partial charge is 0.491 e. The third-order valence-corrected chi connectivity index (χ3v) is 6.42. The summed E-state index contributed by atoms with van der Waals surface area (Å²) in [6.45, 7) is 3.73. The first-order valence-corrected chi connectivity index (χ1v) is 11.7. The molecule has 3 aromatic heterocycles. The lowest BCUT2D eigenvalue weighted by atomic mass is 10.0. The minimum atomic E-state index is -0.360. The molecular formula is C25H25N9O2. The highest BCUT2D eigenvalue weighted by molar-refractivity contribution is 6.47. The minimum Gasteiger partial charge on any atom is -0.491 e. The number of nitrogens with two attached hydrogens (primary N) is 1. The Morgan fingerprint density at radius 3 is 2.81 bits per heavy atom. The lowest BCUT2D eigenvalue weighted by molar-refractivity contribution is 0.125. The third kappa shape index (κ3) is 4.39. The molecular weight excluding hydrogens is 458 g/mol. The highest BCUT2D eigenvalue weighted by atomic mass is 16.5. The molecule has 36 heavy (non-hydrogen) atoms. The molecule has 0 radical (unpaired) electrons. The number of piperidine rings is 1. The predicted molar refractivity (Wildman–Crippen MR) is 132 cm³/mol. The molecule has 0 spiro atoms. The molecule has 182 valence electrons. The minimum absolute atomic E-state index is 0.0900. The van der Waals surface area contributed by atoms with Gasteiger partial charge in [-0.15, -0.1) is 0 Å². The number of ether oxygens (including phenoxy) is 2. The summed E-state index contributed by atoms with van der Waals surface area (Å²) >= 11 is 0. The van der Waals surface area contributed by atoms with Gasteiger partial charge in [-0.3, -0.25) is 14.4 Å². The van der Waals surface area contributed by atoms with Gasteiger partial charge in [-0.05, 0) is 38.0 Å². The van der Waals surface area contributed by atoms with Crippen molar-refractivity contribution in [3.63, 3.8) is 0 Å². The first-order chi connectivity index (χ1) is 17.6. The van der Waals surface area contributed by atoms with E-state index in [4.69, 9.17) is 25.6 Å². The summed E-state index contributed by atoms with van der Waals surface area (Å²) in [5.41, 5.74) is 3.46. The molecule has 0 aliphatic carbocycles. The molecule has 2 N–H and O–H groups in total. The van der Waals surface area contributed by atoms with Crippen LogP contribution in [0.3, 0.4) is 0 Å². The zero-order valence-electron chi connectivity index (χ0n) is 19.8. The van der Waals surface area contributed by atoms with Crippen LogP contribution < -0.4 is 15.3 Å². The fourth-order valence-electron chi connectivity index (χ4n) is 4.63. The first kappa shape index (κ1) is 23.1. The van der Waals surface area contributed by atoms with Crippen LogP contribution >= 0.6 is 0 Å². The van der Waals surface area contributed by atoms with Crippen molar-refractivity contribution < 1.29 is 9.47 Å². The third-order valence-electron chi connectivity index (χ3n) is 6.42. The molecule has 2 aliphatic rings. The summed E-state index contributed by atoms with van der Waals surface area (Å²) in [7, 11) is 0. The van der Waals surface area contributed by atoms with Crippen LogP contribution in [0.5, 0.6) is 11.6 Å². The molecule has 0 aromatic carbocycles. The highest BCUT2D eigenvalue weighted by Crippen LogP contribution is 2.34. The van der Waals surface area contributed by atoms with Crippen LogP contribution in [0.15, 0.2) is 46.8 Å². The van der Waals surface area contributed by atoms with Crippen molar-refractivity contribution in [1.29, 1.82) is 10.5 Å². The van der Waals surface area contributed by atoms with E-state index in [0.717, 1.165) is 12.8 Å². The molecule has 0 unspecified atom stereocenters. The number of aliphatic imine (C=N–C) groups is 1. The molecule has 2 aliphatic heterocycles. The van der Waals surface area contributed by atoms with E-state index < -0.39 is 0 Å². The van der Waals surface area contributed by atoms with Crippen LogP contribution in [-0.2, 0) is 0 Å². The normalized spacial score (nSPS) is 18.8. The quantitative estimate of drug-likeness (QED) is 0.252. The number of imidazole rings is 1. The number of nitriles is 2. The van der Waals surface area contributed by atoms with E-state index in [0.29, 0.717) is 71.8 Å². The van der Waals surface area contributed by atoms with Gasteiger partial charge in [-0.25, -0.2) is 4.98 Å². The van der Waals surface area contributed by atoms with E-state index in [1.54, 1.807) is 21.6 Å². The molecule has 3 aromatic rings. The molecule has 5 rings (SSSR count). The summed E-state index contributed by atoms with van der Waals surface area (Å²) in [6, 6.07) is 9.56. The molecule has 1 fully saturated rings. The Labute approximate surface area is 208 Å². The Bertz CT molecular complexity index is 1420. The van der Waals surface area contributed by atoms with E-state index >= 15 is 0 Å². The summed E-state index contributed by atoms with van der Waals surface area (Å²) in [4.78, 5) is 15.5. The summed E-state index contributed by atoms with van der Waals surface area (Å²) in [5, 5.41) is 22.8. The molecule has 11 heteroatoms. The van der Waals surface area contributed by atoms with Gasteiger partial charge in [0, 0.05) is 37.3 Å². The van der Waals surface area contributed by atoms with Gasteiger partial charge in [0.2, 0.25) is 5.88 Å². The topological polar surface area (TPSA) is 150 Å². The SMILES string of the molecule is CC(=NC1CCN(C#N)CC1)/C(=N\N)c1cc(O[C@@H]2CCOc3cccnc32)n2c(C#N)cnc2c1. The summed E-state index contributed by atoms with van der Waals surface area (Å²) in [5.74, 6) is 6.95. The monoisotopic (exact) mass is 483 g/mol. The van der Waals surface area contributed by atoms with Crippen molar-refractivity contribution in [2.45, 2.75) is 38.3 Å². The molecule has 0 amide bonds. The fourth-order valence-corrected chi connectivity index (χ4v) is 4.63. The zero-order valence-corrected chi connectivity index (χ0v) is 19.8. The highest BCUT2D eigenvalue weighted by Gasteiger charge is 2.27. The van der Waals surface area contributed by atoms with E-state index in [9.17, 15) is 5.26 Å². The molecule has 5 heterocycles. The van der Waals surface area contributed by atoms with E-state index in [-0.39, 0.29) is 12.1 Å². The number of likely N-dealkylation sites (tertiary alicyclic amines) is 1. The van der Waals surface area contributed by atoms with Gasteiger partial charge in [0.15, 0.2) is 6.19 Å². The summed E-state index contributed by atoms with van der Waals surface area (Å²) < 4.78 is 13.8. The van der Waals surface area contributed by atoms with Crippen LogP contribution in [-0.4, -0.2) is 56.4 Å². The van der Waals surface area contributed by atoms with Crippen LogP contribution in [0.2, 0.25) is 0 Å². The zero-order chi connectivity index (χ0) is 25.1. The number of hydrazone groups is 1. The molecule has 11 nitrogen and oxygen atoms in total. The lowest BCUT2D eigenvalue weighted by Crippen LogP contribution is -2.32. The van der Waals surface area contributed by atoms with Crippen molar-refractivity contribution in [2.75, 3.05) is 19.7 Å². The van der Waals surface area contributed by atoms with Crippen molar-refractivity contribution >= 4 is 17.1 Å². The number of nitrogens with zero attached hydrogens (tertiary/aromatic N) is 8. The van der Waals surface area contributed by atoms with Crippen LogP contribution in [0.1, 0.15) is 49.2 Å². The molecule has 1 atom stereocenters. The Hall–Kier alpha value is -4.64. The van der Waals surface area contributed by atoms with Gasteiger partial charge in [0.1, 0.15) is 40.7 Å². The number of aromatic nitrogens is 3. The molecule has 1 saturated heterocycles. The number of pyridine rings is 2. The van der Waals surface area contributed by atoms with Gasteiger partial charge in [-0.2, -0.15) is 15.6 Å². The standard InChI is InChI=1S/C25H25N9O2/c1-16(31-18-4-8-33(15-27)9-5-18)24(32-28)17-11-22-30-14-19(13-26)34(22)23(12-17)36-21-6-10-35-20-3-2-7-29-25(20)21/h2-3,7,11-12,14,18,21H,4-6,8-10,28H2,1H3/b31-16?,32-24+/t21-/m1/s1. The maximum absolute atomic E-state index is 9.66. The molecule has 0 saturated carbocycles. The Morgan fingerprint density at radius 2 is 2.06 bits per heavy atom. The van der Waals surface area contributed by atoms with E-state index in [1.807, 2.05) is 25.1 Å². The van der Waals surface area contributed by atoms with Crippen LogP contribution in [0.25, 0.3) is 5.65 Å². The van der Waals surface area contributed by atoms with Gasteiger partial charge < -0.3 is 20.2 Å². The maximum atomic E-state index is 9.66. The fraction of sp³-hybridized carbons (Fsp3) is 0.360. The number of rotatable bonds is 5. The number of fused-ring (bicyclic) bond motifs is 2. The lowest BCUT2D eigenvalue weighted by Gasteiger charge is -2.26. The van der Waals surface area contributed by atoms with Crippen LogP contribution in [0, 0.1) is 22.8 Å². The predicted octanol–water partition coefficient (Wildman–Crippen LogP) is 2.57. The second-order valence-corrected chi connectivity index (χ2v) is 8.67. The maximum Gasteiger partial charge on any atom is 0.201 e. The van der Waals surface area contributed by atoms with Crippen LogP contribution in [0.4, 0.5) is 0 Å². The number of hydrogen-bond donors (Lipinski definition) is 1. The Morgan fingerprint density at radius 1 is 1.22 bits per heavy atom. The molecule has 0 bridgehead atoms. The second kappa shape index (κ2) is 9.92. The van der Waals surface area contributed by atoms with E-state index in [2.05, 4.69) is 27.3 Å². The van der Waals surface area contributed by atoms with Gasteiger partial charge in [0.25, 0.3) is 0 Å². The first-order valence-electron chi connectivity index (χ1n) is 11.7. The average molecular weight is 484 g/mol. The second-order valence-electron chi connectivity index (χ2n) is 8.67. The van der Waals surface area contributed by atoms with Crippen molar-refractivity contribution in [2.24, 2.45) is 15.9 Å². The van der Waals surface area contributed by atoms with Crippen molar-refractivity contribution in [3.8, 4) is 23.9 Å². The number of hydrogen-bond acceptors (Lipinski definition) is 10. The Kier molecular flexibility index (Phi) is 6.37. The average Bonchev–Trinajstić information content (AvgIpc) is 3.33. The van der Waals surface area contributed by atoms with Gasteiger partial charge >= 0.3 is 0 Å². The van der Waals surface area contributed by atoms with Crippen molar-refractivity contribution in [3.05, 3.63) is 53.6 Å². The smallest absolute Gasteiger partial charge is 0.201 e. The Balaban J connectivity index is 1.50. The van der Waals surface area contributed by atoms with Crippen molar-refractivity contribution in [1.82, 2.24) is 19.3 Å².